The van der Waals surface area contributed by atoms with Gasteiger partial charge in [-0.1, -0.05) is 41.9 Å². The molecular formula is C32H35ClN4O5. The topological polar surface area (TPSA) is 101 Å². The summed E-state index contributed by atoms with van der Waals surface area (Å²) in [4.78, 5) is 46.4. The summed E-state index contributed by atoms with van der Waals surface area (Å²) in [6.07, 6.45) is 0.132. The second-order valence-corrected chi connectivity index (χ2v) is 10.8. The van der Waals surface area contributed by atoms with Crippen molar-refractivity contribution in [1.29, 1.82) is 0 Å². The Kier molecular flexibility index (Phi) is 10.2. The van der Waals surface area contributed by atoms with Crippen LogP contribution in [0.2, 0.25) is 5.02 Å². The summed E-state index contributed by atoms with van der Waals surface area (Å²) in [5.41, 5.74) is 1.72. The van der Waals surface area contributed by atoms with Crippen LogP contribution in [0.15, 0.2) is 83.9 Å². The van der Waals surface area contributed by atoms with Crippen LogP contribution in [-0.4, -0.2) is 59.8 Å². The van der Waals surface area contributed by atoms with E-state index in [0.717, 1.165) is 5.75 Å². The summed E-state index contributed by atoms with van der Waals surface area (Å²) in [5.74, 6) is 0.146. The molecule has 0 fully saturated rings. The first kappa shape index (κ1) is 30.6. The molecular weight excluding hydrogens is 556 g/mol. The highest BCUT2D eigenvalue weighted by atomic mass is 35.5. The molecule has 1 heterocycles. The predicted octanol–water partition coefficient (Wildman–Crippen LogP) is 7.19. The minimum Gasteiger partial charge on any atom is -0.462 e. The summed E-state index contributed by atoms with van der Waals surface area (Å²) >= 11 is 6.28. The van der Waals surface area contributed by atoms with Crippen LogP contribution in [0, 0.1) is 5.92 Å². The number of esters is 1. The zero-order valence-corrected chi connectivity index (χ0v) is 24.9. The van der Waals surface area contributed by atoms with Gasteiger partial charge in [0.2, 0.25) is 0 Å². The third kappa shape index (κ3) is 7.88. The highest BCUT2D eigenvalue weighted by molar-refractivity contribution is 6.30. The zero-order chi connectivity index (χ0) is 30.2. The van der Waals surface area contributed by atoms with Gasteiger partial charge in [-0.3, -0.25) is 4.79 Å². The van der Waals surface area contributed by atoms with Gasteiger partial charge < -0.3 is 24.6 Å². The number of rotatable bonds is 10. The van der Waals surface area contributed by atoms with Crippen molar-refractivity contribution < 1.29 is 23.9 Å². The van der Waals surface area contributed by atoms with Crippen LogP contribution in [0.25, 0.3) is 0 Å². The summed E-state index contributed by atoms with van der Waals surface area (Å²) in [5, 5.41) is 3.36. The second kappa shape index (κ2) is 14.0. The number of urea groups is 2. The van der Waals surface area contributed by atoms with Crippen LogP contribution in [-0.2, 0) is 9.53 Å². The lowest BCUT2D eigenvalue weighted by atomic mass is 9.86. The van der Waals surface area contributed by atoms with Gasteiger partial charge in [0.15, 0.2) is 0 Å². The maximum absolute atomic E-state index is 13.2. The Hall–Kier alpha value is -4.37. The molecule has 2 unspecified atom stereocenters. The van der Waals surface area contributed by atoms with Gasteiger partial charge in [-0.05, 0) is 81.3 Å². The van der Waals surface area contributed by atoms with E-state index in [-0.39, 0.29) is 18.7 Å². The molecule has 0 spiro atoms. The largest absolute Gasteiger partial charge is 0.462 e. The van der Waals surface area contributed by atoms with Crippen molar-refractivity contribution in [2.24, 2.45) is 10.9 Å². The molecule has 3 aromatic carbocycles. The molecule has 4 rings (SSSR count). The number of anilines is 1. The molecule has 220 valence electrons. The molecule has 0 bridgehead atoms. The normalized spacial score (nSPS) is 16.6. The third-order valence-electron chi connectivity index (χ3n) is 6.74. The van der Waals surface area contributed by atoms with Gasteiger partial charge in [0.1, 0.15) is 17.4 Å². The van der Waals surface area contributed by atoms with Gasteiger partial charge in [0.05, 0.1) is 12.1 Å². The molecule has 9 nitrogen and oxygen atoms in total. The maximum Gasteiger partial charge on any atom is 0.344 e. The first-order valence-electron chi connectivity index (χ1n) is 13.8. The van der Waals surface area contributed by atoms with E-state index in [9.17, 15) is 14.4 Å². The van der Waals surface area contributed by atoms with Crippen molar-refractivity contribution in [3.8, 4) is 11.5 Å². The number of para-hydroxylation sites is 1. The van der Waals surface area contributed by atoms with Gasteiger partial charge in [0.25, 0.3) is 0 Å². The molecule has 4 amide bonds. The van der Waals surface area contributed by atoms with Crippen LogP contribution in [0.5, 0.6) is 11.5 Å². The number of carbonyl (C=O) groups is 3. The molecule has 0 radical (unpaired) electrons. The average Bonchev–Trinajstić information content (AvgIpc) is 2.95. The Morgan fingerprint density at radius 3 is 2.38 bits per heavy atom. The Morgan fingerprint density at radius 1 is 1.02 bits per heavy atom. The Morgan fingerprint density at radius 2 is 1.71 bits per heavy atom. The van der Waals surface area contributed by atoms with E-state index in [1.54, 1.807) is 75.2 Å². The van der Waals surface area contributed by atoms with Gasteiger partial charge in [-0.25, -0.2) is 14.6 Å². The number of nitrogens with zero attached hydrogens (tertiary/aromatic N) is 3. The number of hydrogen-bond donors (Lipinski definition) is 1. The van der Waals surface area contributed by atoms with Crippen molar-refractivity contribution in [3.05, 3.63) is 89.4 Å². The number of halogens is 1. The summed E-state index contributed by atoms with van der Waals surface area (Å²) in [7, 11) is 1.68. The lowest BCUT2D eigenvalue weighted by Gasteiger charge is -2.39. The van der Waals surface area contributed by atoms with Crippen LogP contribution >= 0.6 is 11.6 Å². The van der Waals surface area contributed by atoms with E-state index >= 15 is 0 Å². The molecule has 2 atom stereocenters. The molecule has 1 aliphatic heterocycles. The van der Waals surface area contributed by atoms with Crippen LogP contribution in [0.3, 0.4) is 0 Å². The van der Waals surface area contributed by atoms with E-state index < -0.39 is 24.0 Å². The Balaban J connectivity index is 1.39. The first-order chi connectivity index (χ1) is 20.1. The van der Waals surface area contributed by atoms with E-state index in [1.165, 1.54) is 4.90 Å². The smallest absolute Gasteiger partial charge is 0.344 e. The Labute approximate surface area is 251 Å². The lowest BCUT2D eigenvalue weighted by molar-refractivity contribution is -0.151. The maximum atomic E-state index is 13.2. The third-order valence-corrected chi connectivity index (χ3v) is 6.97. The molecule has 3 aromatic rings. The summed E-state index contributed by atoms with van der Waals surface area (Å²) in [6.45, 7) is 5.84. The van der Waals surface area contributed by atoms with Gasteiger partial charge >= 0.3 is 18.0 Å². The van der Waals surface area contributed by atoms with Crippen LogP contribution < -0.4 is 10.1 Å². The Bertz CT molecular complexity index is 1430. The van der Waals surface area contributed by atoms with Gasteiger partial charge in [-0.2, -0.15) is 0 Å². The van der Waals surface area contributed by atoms with Gasteiger partial charge in [0, 0.05) is 36.6 Å². The fraction of sp³-hybridized carbons (Fsp3) is 0.312. The molecule has 0 saturated carbocycles. The number of ether oxygens (including phenoxy) is 2. The zero-order valence-electron chi connectivity index (χ0n) is 24.1. The number of aliphatic imine (C=N–C) groups is 1. The van der Waals surface area contributed by atoms with Crippen molar-refractivity contribution >= 4 is 41.0 Å². The summed E-state index contributed by atoms with van der Waals surface area (Å²) in [6, 6.07) is 22.2. The number of hydrogen-bond acceptors (Lipinski definition) is 5. The molecule has 42 heavy (non-hydrogen) atoms. The van der Waals surface area contributed by atoms with Crippen molar-refractivity contribution in [1.82, 2.24) is 9.80 Å². The van der Waals surface area contributed by atoms with Crippen molar-refractivity contribution in [2.45, 2.75) is 39.3 Å². The van der Waals surface area contributed by atoms with E-state index in [2.05, 4.69) is 10.3 Å². The average molecular weight is 591 g/mol. The highest BCUT2D eigenvalue weighted by Gasteiger charge is 2.43. The minimum absolute atomic E-state index is 0.265. The standard InChI is InChI=1S/C32H35ClN4O5/c1-21(2)41-30(38)28-22(3)34-32(40)37(29(28)23-10-8-11-24(33)20-23)19-9-18-36(4)31(39)35-25-14-16-27(17-15-25)42-26-12-6-5-7-13-26/h5-8,10-17,20-21,28-29H,9,18-19H2,1-4H3,(H,35,39). The second-order valence-electron chi connectivity index (χ2n) is 10.3. The molecule has 1 N–H and O–H groups in total. The molecule has 0 saturated heterocycles. The fourth-order valence-electron chi connectivity index (χ4n) is 4.74. The van der Waals surface area contributed by atoms with Crippen LogP contribution in [0.4, 0.5) is 15.3 Å². The quantitative estimate of drug-likeness (QED) is 0.252. The number of carbonyl (C=O) groups excluding carboxylic acids is 3. The lowest BCUT2D eigenvalue weighted by Crippen LogP contribution is -2.48. The molecule has 10 heteroatoms. The van der Waals surface area contributed by atoms with Crippen LogP contribution in [0.1, 0.15) is 38.8 Å². The van der Waals surface area contributed by atoms with Gasteiger partial charge in [-0.15, -0.1) is 0 Å². The fourth-order valence-corrected chi connectivity index (χ4v) is 4.94. The van der Waals surface area contributed by atoms with E-state index in [4.69, 9.17) is 21.1 Å². The highest BCUT2D eigenvalue weighted by Crippen LogP contribution is 2.36. The predicted molar refractivity (Wildman–Crippen MR) is 163 cm³/mol. The first-order valence-corrected chi connectivity index (χ1v) is 14.2. The van der Waals surface area contributed by atoms with Crippen molar-refractivity contribution in [3.63, 3.8) is 0 Å². The molecule has 0 aromatic heterocycles. The SMILES string of the molecule is CC1=NC(=O)N(CCCN(C)C(=O)Nc2ccc(Oc3ccccc3)cc2)C(c2cccc(Cl)c2)C1C(=O)OC(C)C. The van der Waals surface area contributed by atoms with E-state index in [1.807, 2.05) is 36.4 Å². The number of nitrogens with one attached hydrogen (secondary N) is 1. The monoisotopic (exact) mass is 590 g/mol. The van der Waals surface area contributed by atoms with E-state index in [0.29, 0.717) is 40.7 Å². The number of benzene rings is 3. The molecule has 0 aliphatic carbocycles. The minimum atomic E-state index is -0.779. The van der Waals surface area contributed by atoms with Crippen molar-refractivity contribution in [2.75, 3.05) is 25.5 Å². The number of amides is 4. The summed E-state index contributed by atoms with van der Waals surface area (Å²) < 4.78 is 11.3. The molecule has 1 aliphatic rings.